The van der Waals surface area contributed by atoms with Crippen molar-refractivity contribution >= 4 is 0 Å². The number of hydrogen-bond donors (Lipinski definition) is 1. The molecule has 1 heterocycles. The van der Waals surface area contributed by atoms with Crippen LogP contribution in [0.3, 0.4) is 0 Å². The van der Waals surface area contributed by atoms with Crippen LogP contribution in [0.1, 0.15) is 13.3 Å². The molecular weight excluding hydrogens is 344 g/mol. The second-order valence-corrected chi connectivity index (χ2v) is 6.18. The summed E-state index contributed by atoms with van der Waals surface area (Å²) in [5.41, 5.74) is 0.238. The van der Waals surface area contributed by atoms with E-state index < -0.39 is 0 Å². The van der Waals surface area contributed by atoms with Crippen molar-refractivity contribution in [2.24, 2.45) is 5.41 Å². The van der Waals surface area contributed by atoms with Crippen molar-refractivity contribution in [3.05, 3.63) is 0 Å². The highest BCUT2D eigenvalue weighted by molar-refractivity contribution is 4.83. The average molecular weight is 380 g/mol. The number of hydrogen-bond acceptors (Lipinski definition) is 8. The van der Waals surface area contributed by atoms with Crippen molar-refractivity contribution in [1.29, 1.82) is 0 Å². The Kier molecular flexibility index (Phi) is 15.3. The van der Waals surface area contributed by atoms with Crippen LogP contribution in [0, 0.1) is 5.41 Å². The predicted octanol–water partition coefficient (Wildman–Crippen LogP) is 0.505. The Morgan fingerprint density at radius 2 is 1.04 bits per heavy atom. The zero-order chi connectivity index (χ0) is 18.8. The molecule has 0 spiro atoms. The van der Waals surface area contributed by atoms with E-state index in [9.17, 15) is 0 Å². The monoisotopic (exact) mass is 380 g/mol. The summed E-state index contributed by atoms with van der Waals surface area (Å²) in [5, 5.41) is 8.52. The molecule has 1 saturated heterocycles. The standard InChI is InChI=1S/C18H36O8/c1-2-18(16-26-17-18)15-25-14-13-24-12-11-23-10-9-22-8-7-21-6-5-20-4-3-19/h19H,2-17H2,1H3. The van der Waals surface area contributed by atoms with Gasteiger partial charge in [-0.3, -0.25) is 0 Å². The van der Waals surface area contributed by atoms with E-state index in [1.165, 1.54) is 0 Å². The van der Waals surface area contributed by atoms with Crippen LogP contribution in [0.5, 0.6) is 0 Å². The first-order valence-corrected chi connectivity index (χ1v) is 9.48. The van der Waals surface area contributed by atoms with Crippen molar-refractivity contribution in [1.82, 2.24) is 0 Å². The molecule has 0 atom stereocenters. The summed E-state index contributed by atoms with van der Waals surface area (Å²) in [6, 6.07) is 0. The summed E-state index contributed by atoms with van der Waals surface area (Å²) in [7, 11) is 0. The van der Waals surface area contributed by atoms with Crippen LogP contribution in [-0.4, -0.2) is 104 Å². The smallest absolute Gasteiger partial charge is 0.0701 e. The molecule has 1 rings (SSSR count). The molecule has 8 nitrogen and oxygen atoms in total. The minimum Gasteiger partial charge on any atom is -0.394 e. The van der Waals surface area contributed by atoms with E-state index in [4.69, 9.17) is 38.3 Å². The molecule has 0 aromatic heterocycles. The molecular formula is C18H36O8. The van der Waals surface area contributed by atoms with Gasteiger partial charge in [0, 0.05) is 5.41 Å². The van der Waals surface area contributed by atoms with Crippen LogP contribution in [0.15, 0.2) is 0 Å². The number of aliphatic hydroxyl groups excluding tert-OH is 1. The van der Waals surface area contributed by atoms with Crippen LogP contribution in [-0.2, 0) is 33.2 Å². The summed E-state index contributed by atoms with van der Waals surface area (Å²) in [4.78, 5) is 0. The normalized spacial score (nSPS) is 15.9. The fourth-order valence-corrected chi connectivity index (χ4v) is 2.23. The van der Waals surface area contributed by atoms with Crippen molar-refractivity contribution in [2.45, 2.75) is 13.3 Å². The second kappa shape index (κ2) is 16.8. The van der Waals surface area contributed by atoms with Gasteiger partial charge in [0.1, 0.15) is 0 Å². The quantitative estimate of drug-likeness (QED) is 0.306. The SMILES string of the molecule is CCC1(COCCOCCOCCOCCOCCOCCO)COC1. The van der Waals surface area contributed by atoms with Crippen LogP contribution in [0.2, 0.25) is 0 Å². The maximum atomic E-state index is 8.52. The van der Waals surface area contributed by atoms with Crippen molar-refractivity contribution in [2.75, 3.05) is 99.1 Å². The van der Waals surface area contributed by atoms with E-state index >= 15 is 0 Å². The third kappa shape index (κ3) is 12.1. The van der Waals surface area contributed by atoms with Gasteiger partial charge in [-0.15, -0.1) is 0 Å². The van der Waals surface area contributed by atoms with E-state index in [0.717, 1.165) is 26.2 Å². The lowest BCUT2D eigenvalue weighted by Gasteiger charge is -2.40. The Labute approximate surface area is 157 Å². The molecule has 0 aromatic rings. The molecule has 0 amide bonds. The maximum Gasteiger partial charge on any atom is 0.0701 e. The van der Waals surface area contributed by atoms with E-state index in [1.807, 2.05) is 0 Å². The summed E-state index contributed by atoms with van der Waals surface area (Å²) in [6.45, 7) is 10.4. The van der Waals surface area contributed by atoms with Crippen molar-refractivity contribution in [3.63, 3.8) is 0 Å². The van der Waals surface area contributed by atoms with Crippen LogP contribution in [0.25, 0.3) is 0 Å². The Morgan fingerprint density at radius 1 is 0.654 bits per heavy atom. The van der Waals surface area contributed by atoms with E-state index in [-0.39, 0.29) is 12.0 Å². The Hall–Kier alpha value is -0.320. The van der Waals surface area contributed by atoms with Gasteiger partial charge in [-0.1, -0.05) is 6.92 Å². The second-order valence-electron chi connectivity index (χ2n) is 6.18. The highest BCUT2D eigenvalue weighted by Crippen LogP contribution is 2.31. The first-order chi connectivity index (χ1) is 12.8. The summed E-state index contributed by atoms with van der Waals surface area (Å²) >= 11 is 0. The molecule has 1 aliphatic rings. The highest BCUT2D eigenvalue weighted by atomic mass is 16.6. The third-order valence-electron chi connectivity index (χ3n) is 4.07. The lowest BCUT2D eigenvalue weighted by Crippen LogP contribution is -2.45. The number of ether oxygens (including phenoxy) is 7. The molecule has 1 fully saturated rings. The van der Waals surface area contributed by atoms with Gasteiger partial charge in [0.2, 0.25) is 0 Å². The van der Waals surface area contributed by atoms with Gasteiger partial charge >= 0.3 is 0 Å². The largest absolute Gasteiger partial charge is 0.394 e. The molecule has 0 saturated carbocycles. The van der Waals surface area contributed by atoms with E-state index in [2.05, 4.69) is 6.92 Å². The molecule has 0 radical (unpaired) electrons. The van der Waals surface area contributed by atoms with Gasteiger partial charge in [-0.2, -0.15) is 0 Å². The first-order valence-electron chi connectivity index (χ1n) is 9.48. The first kappa shape index (κ1) is 23.7. The van der Waals surface area contributed by atoms with Gasteiger partial charge in [0.15, 0.2) is 0 Å². The molecule has 8 heteroatoms. The van der Waals surface area contributed by atoms with Gasteiger partial charge in [-0.25, -0.2) is 0 Å². The summed E-state index contributed by atoms with van der Waals surface area (Å²) in [6.07, 6.45) is 1.09. The Morgan fingerprint density at radius 3 is 1.35 bits per heavy atom. The molecule has 1 N–H and O–H groups in total. The van der Waals surface area contributed by atoms with Crippen LogP contribution in [0.4, 0.5) is 0 Å². The Balaban J connectivity index is 1.67. The molecule has 0 aromatic carbocycles. The third-order valence-corrected chi connectivity index (χ3v) is 4.07. The van der Waals surface area contributed by atoms with Crippen molar-refractivity contribution in [3.8, 4) is 0 Å². The predicted molar refractivity (Wildman–Crippen MR) is 95.5 cm³/mol. The topological polar surface area (TPSA) is 84.8 Å². The molecule has 0 bridgehead atoms. The highest BCUT2D eigenvalue weighted by Gasteiger charge is 2.36. The molecule has 0 aliphatic carbocycles. The zero-order valence-corrected chi connectivity index (χ0v) is 16.1. The van der Waals surface area contributed by atoms with Gasteiger partial charge in [-0.05, 0) is 6.42 Å². The maximum absolute atomic E-state index is 8.52. The summed E-state index contributed by atoms with van der Waals surface area (Å²) < 4.78 is 37.5. The lowest BCUT2D eigenvalue weighted by molar-refractivity contribution is -0.153. The van der Waals surface area contributed by atoms with Gasteiger partial charge in [0.05, 0.1) is 99.1 Å². The lowest BCUT2D eigenvalue weighted by atomic mass is 9.84. The fourth-order valence-electron chi connectivity index (χ4n) is 2.23. The van der Waals surface area contributed by atoms with Crippen LogP contribution < -0.4 is 0 Å². The molecule has 0 unspecified atom stereocenters. The fraction of sp³-hybridized carbons (Fsp3) is 1.00. The molecule has 156 valence electrons. The number of rotatable bonds is 20. The Bertz CT molecular complexity index is 293. The van der Waals surface area contributed by atoms with Gasteiger partial charge in [0.25, 0.3) is 0 Å². The van der Waals surface area contributed by atoms with Gasteiger partial charge < -0.3 is 38.3 Å². The van der Waals surface area contributed by atoms with Crippen LogP contribution >= 0.6 is 0 Å². The van der Waals surface area contributed by atoms with E-state index in [1.54, 1.807) is 0 Å². The number of aliphatic hydroxyl groups is 1. The summed E-state index contributed by atoms with van der Waals surface area (Å²) in [5.74, 6) is 0. The minimum atomic E-state index is 0.0390. The van der Waals surface area contributed by atoms with Crippen molar-refractivity contribution < 1.29 is 38.3 Å². The minimum absolute atomic E-state index is 0.0390. The van der Waals surface area contributed by atoms with E-state index in [0.29, 0.717) is 72.7 Å². The molecule has 26 heavy (non-hydrogen) atoms. The zero-order valence-electron chi connectivity index (χ0n) is 16.1. The average Bonchev–Trinajstić information content (AvgIpc) is 2.62. The molecule has 1 aliphatic heterocycles.